The summed E-state index contributed by atoms with van der Waals surface area (Å²) in [6.45, 7) is 0.569. The molecule has 1 N–H and O–H groups in total. The van der Waals surface area contributed by atoms with Crippen molar-refractivity contribution in [2.24, 2.45) is 7.05 Å². The van der Waals surface area contributed by atoms with E-state index >= 15 is 0 Å². The number of ether oxygens (including phenoxy) is 1. The highest BCUT2D eigenvalue weighted by molar-refractivity contribution is 5.79. The molecule has 0 fully saturated rings. The maximum absolute atomic E-state index is 12.0. The Kier molecular flexibility index (Phi) is 4.79. The quantitative estimate of drug-likeness (QED) is 0.758. The molecule has 0 bridgehead atoms. The number of hydrogen-bond donors (Lipinski definition) is 1. The Balaban J connectivity index is 1.59. The fourth-order valence-electron chi connectivity index (χ4n) is 2.74. The maximum Gasteiger partial charge on any atom is 0.224 e. The molecule has 5 nitrogen and oxygen atoms in total. The van der Waals surface area contributed by atoms with Gasteiger partial charge in [-0.1, -0.05) is 30.3 Å². The van der Waals surface area contributed by atoms with Crippen molar-refractivity contribution in [1.82, 2.24) is 14.9 Å². The topological polar surface area (TPSA) is 56.1 Å². The minimum atomic E-state index is 0.0293. The number of imidazole rings is 1. The van der Waals surface area contributed by atoms with E-state index in [1.54, 1.807) is 7.11 Å². The first-order valence-electron chi connectivity index (χ1n) is 7.97. The zero-order valence-electron chi connectivity index (χ0n) is 14.0. The molecular weight excluding hydrogens is 302 g/mol. The van der Waals surface area contributed by atoms with Crippen molar-refractivity contribution in [3.05, 3.63) is 59.9 Å². The van der Waals surface area contributed by atoms with Crippen LogP contribution >= 0.6 is 0 Å². The third-order valence-electron chi connectivity index (χ3n) is 4.06. The third-order valence-corrected chi connectivity index (χ3v) is 4.06. The number of aromatic nitrogens is 2. The lowest BCUT2D eigenvalue weighted by molar-refractivity contribution is -0.120. The smallest absolute Gasteiger partial charge is 0.224 e. The highest BCUT2D eigenvalue weighted by Gasteiger charge is 2.09. The van der Waals surface area contributed by atoms with E-state index in [9.17, 15) is 4.79 Å². The van der Waals surface area contributed by atoms with Crippen molar-refractivity contribution >= 4 is 16.9 Å². The minimum absolute atomic E-state index is 0.0293. The number of carbonyl (C=O) groups is 1. The molecule has 2 aromatic carbocycles. The van der Waals surface area contributed by atoms with Gasteiger partial charge in [-0.25, -0.2) is 4.98 Å². The van der Waals surface area contributed by atoms with Gasteiger partial charge in [0.2, 0.25) is 5.91 Å². The molecule has 3 rings (SSSR count). The van der Waals surface area contributed by atoms with E-state index in [1.165, 1.54) is 0 Å². The van der Waals surface area contributed by atoms with Crippen LogP contribution in [-0.4, -0.2) is 29.1 Å². The average Bonchev–Trinajstić information content (AvgIpc) is 2.91. The Morgan fingerprint density at radius 1 is 1.21 bits per heavy atom. The number of benzene rings is 2. The molecule has 0 aliphatic rings. The largest absolute Gasteiger partial charge is 0.497 e. The number of fused-ring (bicyclic) bond motifs is 1. The first kappa shape index (κ1) is 16.1. The van der Waals surface area contributed by atoms with Crippen molar-refractivity contribution in [2.45, 2.75) is 12.8 Å². The molecule has 1 heterocycles. The molecule has 0 radical (unpaired) electrons. The molecule has 24 heavy (non-hydrogen) atoms. The SMILES string of the molecule is COc1ccc2c(c1)nc(CCNC(=O)Cc1ccccc1)n2C. The Labute approximate surface area is 141 Å². The standard InChI is InChI=1S/C19H21N3O2/c1-22-17-9-8-15(24-2)13-16(17)21-18(22)10-11-20-19(23)12-14-6-4-3-5-7-14/h3-9,13H,10-12H2,1-2H3,(H,20,23). The Bertz CT molecular complexity index is 840. The average molecular weight is 323 g/mol. The molecule has 1 aromatic heterocycles. The first-order valence-corrected chi connectivity index (χ1v) is 7.97. The molecule has 0 unspecified atom stereocenters. The summed E-state index contributed by atoms with van der Waals surface area (Å²) in [5, 5.41) is 2.96. The van der Waals surface area contributed by atoms with Crippen molar-refractivity contribution in [3.8, 4) is 5.75 Å². The zero-order chi connectivity index (χ0) is 16.9. The highest BCUT2D eigenvalue weighted by Crippen LogP contribution is 2.20. The third kappa shape index (κ3) is 3.56. The van der Waals surface area contributed by atoms with Gasteiger partial charge < -0.3 is 14.6 Å². The fourth-order valence-corrected chi connectivity index (χ4v) is 2.74. The van der Waals surface area contributed by atoms with Crippen LogP contribution in [0.5, 0.6) is 5.75 Å². The van der Waals surface area contributed by atoms with Gasteiger partial charge in [0.25, 0.3) is 0 Å². The number of hydrogen-bond acceptors (Lipinski definition) is 3. The summed E-state index contributed by atoms with van der Waals surface area (Å²) in [4.78, 5) is 16.6. The number of methoxy groups -OCH3 is 1. The molecule has 0 atom stereocenters. The summed E-state index contributed by atoms with van der Waals surface area (Å²) in [5.74, 6) is 1.77. The summed E-state index contributed by atoms with van der Waals surface area (Å²) >= 11 is 0. The van der Waals surface area contributed by atoms with Crippen molar-refractivity contribution < 1.29 is 9.53 Å². The Morgan fingerprint density at radius 3 is 2.75 bits per heavy atom. The van der Waals surface area contributed by atoms with Gasteiger partial charge in [-0.3, -0.25) is 4.79 Å². The van der Waals surface area contributed by atoms with Crippen LogP contribution in [-0.2, 0) is 24.7 Å². The predicted molar refractivity (Wildman–Crippen MR) is 94.1 cm³/mol. The van der Waals surface area contributed by atoms with Gasteiger partial charge in [-0.05, 0) is 17.7 Å². The second-order valence-electron chi connectivity index (χ2n) is 5.70. The van der Waals surface area contributed by atoms with Crippen LogP contribution in [0.3, 0.4) is 0 Å². The molecule has 1 amide bonds. The van der Waals surface area contributed by atoms with Gasteiger partial charge >= 0.3 is 0 Å². The van der Waals surface area contributed by atoms with Gasteiger partial charge in [0.15, 0.2) is 0 Å². The van der Waals surface area contributed by atoms with Gasteiger partial charge in [0, 0.05) is 26.1 Å². The van der Waals surface area contributed by atoms with E-state index in [0.717, 1.165) is 28.2 Å². The molecule has 0 aliphatic heterocycles. The monoisotopic (exact) mass is 323 g/mol. The normalized spacial score (nSPS) is 10.8. The van der Waals surface area contributed by atoms with Crippen molar-refractivity contribution in [2.75, 3.05) is 13.7 Å². The lowest BCUT2D eigenvalue weighted by Gasteiger charge is -2.06. The summed E-state index contributed by atoms with van der Waals surface area (Å²) in [6, 6.07) is 15.6. The summed E-state index contributed by atoms with van der Waals surface area (Å²) in [6.07, 6.45) is 1.09. The Morgan fingerprint density at radius 2 is 2.00 bits per heavy atom. The van der Waals surface area contributed by atoms with Crippen LogP contribution < -0.4 is 10.1 Å². The van der Waals surface area contributed by atoms with E-state index in [4.69, 9.17) is 4.74 Å². The van der Waals surface area contributed by atoms with E-state index in [2.05, 4.69) is 14.9 Å². The number of nitrogens with zero attached hydrogens (tertiary/aromatic N) is 2. The van der Waals surface area contributed by atoms with E-state index < -0.39 is 0 Å². The second kappa shape index (κ2) is 7.17. The van der Waals surface area contributed by atoms with Gasteiger partial charge in [-0.15, -0.1) is 0 Å². The summed E-state index contributed by atoms with van der Waals surface area (Å²) < 4.78 is 7.29. The van der Waals surface area contributed by atoms with Gasteiger partial charge in [0.1, 0.15) is 11.6 Å². The summed E-state index contributed by atoms with van der Waals surface area (Å²) in [7, 11) is 3.64. The minimum Gasteiger partial charge on any atom is -0.497 e. The van der Waals surface area contributed by atoms with Crippen LogP contribution in [0.4, 0.5) is 0 Å². The fraction of sp³-hybridized carbons (Fsp3) is 0.263. The van der Waals surface area contributed by atoms with Crippen molar-refractivity contribution in [1.29, 1.82) is 0 Å². The molecule has 0 saturated heterocycles. The van der Waals surface area contributed by atoms with Crippen LogP contribution in [0.25, 0.3) is 11.0 Å². The lowest BCUT2D eigenvalue weighted by Crippen LogP contribution is -2.27. The molecule has 0 spiro atoms. The van der Waals surface area contributed by atoms with E-state index in [1.807, 2.05) is 55.6 Å². The number of carbonyl (C=O) groups excluding carboxylic acids is 1. The van der Waals surface area contributed by atoms with Gasteiger partial charge in [0.05, 0.1) is 24.6 Å². The highest BCUT2D eigenvalue weighted by atomic mass is 16.5. The number of nitrogens with one attached hydrogen (secondary N) is 1. The molecule has 0 aliphatic carbocycles. The lowest BCUT2D eigenvalue weighted by atomic mass is 10.1. The van der Waals surface area contributed by atoms with E-state index in [-0.39, 0.29) is 5.91 Å². The zero-order valence-corrected chi connectivity index (χ0v) is 14.0. The molecule has 3 aromatic rings. The maximum atomic E-state index is 12.0. The van der Waals surface area contributed by atoms with E-state index in [0.29, 0.717) is 19.4 Å². The van der Waals surface area contributed by atoms with Gasteiger partial charge in [-0.2, -0.15) is 0 Å². The Hall–Kier alpha value is -2.82. The van der Waals surface area contributed by atoms with Crippen molar-refractivity contribution in [3.63, 3.8) is 0 Å². The summed E-state index contributed by atoms with van der Waals surface area (Å²) in [5.41, 5.74) is 2.98. The van der Waals surface area contributed by atoms with Crippen LogP contribution in [0.1, 0.15) is 11.4 Å². The number of amides is 1. The van der Waals surface area contributed by atoms with Crippen LogP contribution in [0, 0.1) is 0 Å². The van der Waals surface area contributed by atoms with Crippen LogP contribution in [0.15, 0.2) is 48.5 Å². The van der Waals surface area contributed by atoms with Crippen LogP contribution in [0.2, 0.25) is 0 Å². The first-order chi connectivity index (χ1) is 11.7. The molecular formula is C19H21N3O2. The number of rotatable bonds is 6. The number of aryl methyl sites for hydroxylation is 1. The molecule has 124 valence electrons. The predicted octanol–water partition coefficient (Wildman–Crippen LogP) is 2.48. The molecule has 0 saturated carbocycles. The second-order valence-corrected chi connectivity index (χ2v) is 5.70. The molecule has 5 heteroatoms.